The lowest BCUT2D eigenvalue weighted by Crippen LogP contribution is -2.02. The molecule has 0 amide bonds. The van der Waals surface area contributed by atoms with Crippen molar-refractivity contribution in [3.63, 3.8) is 0 Å². The number of halogens is 1. The molecule has 0 atom stereocenters. The normalized spacial score (nSPS) is 11.7. The molecule has 5 aromatic rings. The number of carboxylic acids is 1. The topological polar surface area (TPSA) is 93.0 Å². The fourth-order valence-electron chi connectivity index (χ4n) is 4.25. The SMILES string of the molecule is COc1ccc(Cl)cc1-c1nc(S/C(=C\c2c(C)n(Cc3ccccc3)c3ccccc23)C(=O)O)n[nH]1. The average molecular weight is 531 g/mol. The number of hydrogen-bond donors (Lipinski definition) is 2. The number of aliphatic carboxylic acids is 1. The number of carboxylic acid groups (broad SMARTS) is 1. The Labute approximate surface area is 222 Å². The molecule has 0 unspecified atom stereocenters. The molecule has 9 heteroatoms. The quantitative estimate of drug-likeness (QED) is 0.172. The van der Waals surface area contributed by atoms with Crippen molar-refractivity contribution in [3.05, 3.63) is 99.5 Å². The number of carbonyl (C=O) groups is 1. The Bertz CT molecular complexity index is 1630. The van der Waals surface area contributed by atoms with E-state index < -0.39 is 5.97 Å². The molecule has 3 aromatic carbocycles. The second-order valence-electron chi connectivity index (χ2n) is 8.31. The Kier molecular flexibility index (Phi) is 7.03. The minimum absolute atomic E-state index is 0.106. The lowest BCUT2D eigenvalue weighted by atomic mass is 10.1. The molecule has 0 fully saturated rings. The van der Waals surface area contributed by atoms with Gasteiger partial charge in [0.15, 0.2) is 5.82 Å². The number of para-hydroxylation sites is 1. The Morgan fingerprint density at radius 3 is 2.65 bits per heavy atom. The van der Waals surface area contributed by atoms with E-state index >= 15 is 0 Å². The van der Waals surface area contributed by atoms with Crippen LogP contribution in [0.25, 0.3) is 28.4 Å². The third-order valence-corrected chi connectivity index (χ3v) is 7.14. The molecule has 0 saturated heterocycles. The third-order valence-electron chi connectivity index (χ3n) is 6.03. The Hall–Kier alpha value is -4.01. The van der Waals surface area contributed by atoms with E-state index in [0.717, 1.165) is 33.9 Å². The van der Waals surface area contributed by atoms with E-state index in [1.54, 1.807) is 31.4 Å². The van der Waals surface area contributed by atoms with Crippen molar-refractivity contribution >= 4 is 46.3 Å². The summed E-state index contributed by atoms with van der Waals surface area (Å²) in [5, 5.41) is 18.9. The molecule has 5 rings (SSSR count). The van der Waals surface area contributed by atoms with Crippen LogP contribution in [0.15, 0.2) is 82.9 Å². The number of nitrogens with zero attached hydrogens (tertiary/aromatic N) is 3. The van der Waals surface area contributed by atoms with Gasteiger partial charge in [0, 0.05) is 33.7 Å². The molecular weight excluding hydrogens is 508 g/mol. The minimum Gasteiger partial charge on any atom is -0.496 e. The first-order valence-corrected chi connectivity index (χ1v) is 12.6. The van der Waals surface area contributed by atoms with Gasteiger partial charge in [-0.2, -0.15) is 0 Å². The summed E-state index contributed by atoms with van der Waals surface area (Å²) < 4.78 is 7.61. The third kappa shape index (κ3) is 5.12. The number of rotatable bonds is 8. The number of hydrogen-bond acceptors (Lipinski definition) is 5. The number of aromatic amines is 1. The first kappa shape index (κ1) is 24.7. The second kappa shape index (κ2) is 10.5. The standard InChI is InChI=1S/C28H23ClN4O3S/c1-17-21(20-10-6-7-11-23(20)33(17)16-18-8-4-3-5-9-18)15-25(27(34)35)37-28-30-26(31-32-28)22-14-19(29)12-13-24(22)36-2/h3-15H,16H2,1-2H3,(H,34,35)(H,30,31,32)/b25-15-. The van der Waals surface area contributed by atoms with Gasteiger partial charge in [-0.1, -0.05) is 60.1 Å². The number of aromatic nitrogens is 4. The lowest BCUT2D eigenvalue weighted by Gasteiger charge is -2.08. The van der Waals surface area contributed by atoms with Gasteiger partial charge in [-0.3, -0.25) is 5.10 Å². The largest absolute Gasteiger partial charge is 0.496 e. The van der Waals surface area contributed by atoms with Crippen molar-refractivity contribution in [2.75, 3.05) is 7.11 Å². The summed E-state index contributed by atoms with van der Waals surface area (Å²) in [7, 11) is 1.56. The number of nitrogens with one attached hydrogen (secondary N) is 1. The van der Waals surface area contributed by atoms with Crippen molar-refractivity contribution in [3.8, 4) is 17.1 Å². The van der Waals surface area contributed by atoms with Crippen LogP contribution in [0, 0.1) is 6.92 Å². The van der Waals surface area contributed by atoms with Crippen molar-refractivity contribution in [2.45, 2.75) is 18.6 Å². The van der Waals surface area contributed by atoms with Crippen molar-refractivity contribution in [2.24, 2.45) is 0 Å². The zero-order chi connectivity index (χ0) is 25.9. The zero-order valence-electron chi connectivity index (χ0n) is 20.1. The molecular formula is C28H23ClN4O3S. The van der Waals surface area contributed by atoms with Gasteiger partial charge < -0.3 is 14.4 Å². The lowest BCUT2D eigenvalue weighted by molar-refractivity contribution is -0.131. The summed E-state index contributed by atoms with van der Waals surface area (Å²) in [4.78, 5) is 16.9. The van der Waals surface area contributed by atoms with Gasteiger partial charge >= 0.3 is 5.97 Å². The van der Waals surface area contributed by atoms with Crippen molar-refractivity contribution in [1.29, 1.82) is 0 Å². The van der Waals surface area contributed by atoms with E-state index in [0.29, 0.717) is 28.7 Å². The molecule has 0 spiro atoms. The second-order valence-corrected chi connectivity index (χ2v) is 9.76. The Morgan fingerprint density at radius 1 is 1.14 bits per heavy atom. The van der Waals surface area contributed by atoms with Crippen LogP contribution in [0.4, 0.5) is 0 Å². The van der Waals surface area contributed by atoms with E-state index in [4.69, 9.17) is 16.3 Å². The molecule has 7 nitrogen and oxygen atoms in total. The number of fused-ring (bicyclic) bond motifs is 1. The molecule has 37 heavy (non-hydrogen) atoms. The van der Waals surface area contributed by atoms with E-state index in [9.17, 15) is 9.90 Å². The highest BCUT2D eigenvalue weighted by molar-refractivity contribution is 8.04. The summed E-state index contributed by atoms with van der Waals surface area (Å²) >= 11 is 7.13. The number of thioether (sulfide) groups is 1. The summed E-state index contributed by atoms with van der Waals surface area (Å²) in [6.45, 7) is 2.69. The highest BCUT2D eigenvalue weighted by Gasteiger charge is 2.19. The van der Waals surface area contributed by atoms with E-state index in [-0.39, 0.29) is 10.1 Å². The Morgan fingerprint density at radius 2 is 1.89 bits per heavy atom. The molecule has 2 aromatic heterocycles. The molecule has 0 radical (unpaired) electrons. The average Bonchev–Trinajstić information content (AvgIpc) is 3.47. The summed E-state index contributed by atoms with van der Waals surface area (Å²) in [6.07, 6.45) is 1.70. The molecule has 0 bridgehead atoms. The van der Waals surface area contributed by atoms with Gasteiger partial charge in [0.2, 0.25) is 5.16 Å². The van der Waals surface area contributed by atoms with E-state index in [2.05, 4.69) is 37.9 Å². The maximum atomic E-state index is 12.3. The van der Waals surface area contributed by atoms with Crippen molar-refractivity contribution < 1.29 is 14.6 Å². The fraction of sp³-hybridized carbons (Fsp3) is 0.107. The number of H-pyrrole nitrogens is 1. The predicted octanol–water partition coefficient (Wildman–Crippen LogP) is 6.66. The molecule has 186 valence electrons. The van der Waals surface area contributed by atoms with Gasteiger partial charge in [-0.15, -0.1) is 5.10 Å². The maximum absolute atomic E-state index is 12.3. The molecule has 0 aliphatic rings. The van der Waals surface area contributed by atoms with Crippen LogP contribution in [-0.2, 0) is 11.3 Å². The van der Waals surface area contributed by atoms with Crippen molar-refractivity contribution in [1.82, 2.24) is 19.7 Å². The van der Waals surface area contributed by atoms with Gasteiger partial charge in [0.05, 0.1) is 12.7 Å². The van der Waals surface area contributed by atoms with Crippen LogP contribution < -0.4 is 4.74 Å². The van der Waals surface area contributed by atoms with Crippen LogP contribution >= 0.6 is 23.4 Å². The van der Waals surface area contributed by atoms with Gasteiger partial charge in [0.25, 0.3) is 0 Å². The van der Waals surface area contributed by atoms with E-state index in [1.165, 1.54) is 5.56 Å². The summed E-state index contributed by atoms with van der Waals surface area (Å²) in [5.41, 5.74) is 4.67. The maximum Gasteiger partial charge on any atom is 0.342 e. The summed E-state index contributed by atoms with van der Waals surface area (Å²) in [6, 6.07) is 23.4. The highest BCUT2D eigenvalue weighted by atomic mass is 35.5. The smallest absolute Gasteiger partial charge is 0.342 e. The molecule has 0 aliphatic heterocycles. The molecule has 0 aliphatic carbocycles. The van der Waals surface area contributed by atoms with E-state index in [1.807, 2.05) is 43.3 Å². The van der Waals surface area contributed by atoms with Crippen LogP contribution in [0.2, 0.25) is 5.02 Å². The Balaban J connectivity index is 1.52. The molecule has 2 heterocycles. The molecule has 2 N–H and O–H groups in total. The van der Waals surface area contributed by atoms with Crippen LogP contribution in [0.3, 0.4) is 0 Å². The van der Waals surface area contributed by atoms with Crippen LogP contribution in [0.5, 0.6) is 5.75 Å². The monoisotopic (exact) mass is 530 g/mol. The first-order chi connectivity index (χ1) is 17.9. The molecule has 0 saturated carbocycles. The van der Waals surface area contributed by atoms with Gasteiger partial charge in [-0.05, 0) is 54.6 Å². The first-order valence-electron chi connectivity index (χ1n) is 11.5. The predicted molar refractivity (Wildman–Crippen MR) is 147 cm³/mol. The fourth-order valence-corrected chi connectivity index (χ4v) is 5.11. The number of benzene rings is 3. The van der Waals surface area contributed by atoms with Crippen LogP contribution in [0.1, 0.15) is 16.8 Å². The highest BCUT2D eigenvalue weighted by Crippen LogP contribution is 2.35. The number of methoxy groups -OCH3 is 1. The van der Waals surface area contributed by atoms with Gasteiger partial charge in [0.1, 0.15) is 10.7 Å². The zero-order valence-corrected chi connectivity index (χ0v) is 21.7. The van der Waals surface area contributed by atoms with Crippen LogP contribution in [-0.4, -0.2) is 37.9 Å². The number of ether oxygens (including phenoxy) is 1. The van der Waals surface area contributed by atoms with Gasteiger partial charge in [-0.25, -0.2) is 9.78 Å². The summed E-state index contributed by atoms with van der Waals surface area (Å²) in [5.74, 6) is -0.0499. The minimum atomic E-state index is -1.06.